The van der Waals surface area contributed by atoms with Crippen molar-refractivity contribution in [2.24, 2.45) is 0 Å². The SMILES string of the molecule is CCCCOC[C@H]1O[C@@H](c2ccc3c(SC)ncnn23)[C@H](OCCCC)[C@@H]1OCCCC. The average Bonchev–Trinajstić information content (AvgIpc) is 3.38. The largest absolute Gasteiger partial charge is 0.379 e. The Labute approximate surface area is 196 Å². The number of fused-ring (bicyclic) bond motifs is 1. The smallest absolute Gasteiger partial charge is 0.137 e. The molecule has 1 fully saturated rings. The van der Waals surface area contributed by atoms with Crippen LogP contribution in [0.25, 0.3) is 5.52 Å². The second-order valence-electron chi connectivity index (χ2n) is 8.23. The minimum atomic E-state index is -0.273. The van der Waals surface area contributed by atoms with Gasteiger partial charge >= 0.3 is 0 Å². The van der Waals surface area contributed by atoms with Crippen LogP contribution in [0.5, 0.6) is 0 Å². The molecular formula is C24H39N3O4S. The molecule has 180 valence electrons. The minimum absolute atomic E-state index is 0.169. The number of ether oxygens (including phenoxy) is 4. The van der Waals surface area contributed by atoms with Crippen LogP contribution >= 0.6 is 11.8 Å². The Kier molecular flexibility index (Phi) is 10.7. The maximum Gasteiger partial charge on any atom is 0.137 e. The number of hydrogen-bond donors (Lipinski definition) is 0. The Bertz CT molecular complexity index is 803. The number of aromatic nitrogens is 3. The lowest BCUT2D eigenvalue weighted by molar-refractivity contribution is -0.0795. The standard InChI is InChI=1S/C24H39N3O4S/c1-5-8-13-28-16-20-22(29-14-9-6-2)23(30-15-10-7-3)21(31-20)18-11-12-19-24(32-4)25-17-26-27(18)19/h11-12,17,20-23H,5-10,13-16H2,1-4H3/t20-,21+,22-,23+/m1/s1. The van der Waals surface area contributed by atoms with E-state index in [2.05, 4.69) is 43.0 Å². The van der Waals surface area contributed by atoms with Gasteiger partial charge in [-0.25, -0.2) is 9.50 Å². The van der Waals surface area contributed by atoms with Crippen LogP contribution in [0, 0.1) is 0 Å². The van der Waals surface area contributed by atoms with E-state index in [0.717, 1.165) is 61.4 Å². The van der Waals surface area contributed by atoms with E-state index in [1.165, 1.54) is 0 Å². The van der Waals surface area contributed by atoms with Crippen molar-refractivity contribution in [2.45, 2.75) is 88.7 Å². The Morgan fingerprint density at radius 2 is 1.66 bits per heavy atom. The Morgan fingerprint density at radius 1 is 0.969 bits per heavy atom. The molecule has 1 aliphatic heterocycles. The number of unbranched alkanes of at least 4 members (excludes halogenated alkanes) is 3. The van der Waals surface area contributed by atoms with Gasteiger partial charge in [0.25, 0.3) is 0 Å². The number of thioether (sulfide) groups is 1. The van der Waals surface area contributed by atoms with Gasteiger partial charge in [0.05, 0.1) is 17.8 Å². The van der Waals surface area contributed by atoms with Gasteiger partial charge < -0.3 is 18.9 Å². The predicted molar refractivity (Wildman–Crippen MR) is 127 cm³/mol. The molecule has 3 heterocycles. The Hall–Kier alpha value is -1.19. The van der Waals surface area contributed by atoms with E-state index < -0.39 is 0 Å². The summed E-state index contributed by atoms with van der Waals surface area (Å²) in [6, 6.07) is 4.14. The van der Waals surface area contributed by atoms with Crippen molar-refractivity contribution in [3.63, 3.8) is 0 Å². The van der Waals surface area contributed by atoms with Crippen LogP contribution < -0.4 is 0 Å². The van der Waals surface area contributed by atoms with Crippen molar-refractivity contribution < 1.29 is 18.9 Å². The minimum Gasteiger partial charge on any atom is -0.379 e. The molecule has 2 aromatic rings. The van der Waals surface area contributed by atoms with Crippen LogP contribution in [0.2, 0.25) is 0 Å². The Morgan fingerprint density at radius 3 is 2.34 bits per heavy atom. The number of rotatable bonds is 15. The maximum absolute atomic E-state index is 6.59. The molecule has 3 rings (SSSR count). The molecule has 7 nitrogen and oxygen atoms in total. The molecule has 0 saturated carbocycles. The quantitative estimate of drug-likeness (QED) is 0.268. The average molecular weight is 466 g/mol. The summed E-state index contributed by atoms with van der Waals surface area (Å²) in [5.74, 6) is 0. The first kappa shape index (κ1) is 25.4. The zero-order valence-corrected chi connectivity index (χ0v) is 20.8. The summed E-state index contributed by atoms with van der Waals surface area (Å²) in [6.07, 6.45) is 9.17. The molecule has 0 N–H and O–H groups in total. The van der Waals surface area contributed by atoms with E-state index in [1.807, 2.05) is 10.8 Å². The summed E-state index contributed by atoms with van der Waals surface area (Å²) in [6.45, 7) is 9.15. The third kappa shape index (κ3) is 6.23. The molecule has 32 heavy (non-hydrogen) atoms. The van der Waals surface area contributed by atoms with Crippen LogP contribution in [0.1, 0.15) is 71.1 Å². The fourth-order valence-electron chi connectivity index (χ4n) is 3.96. The monoisotopic (exact) mass is 465 g/mol. The molecule has 0 aromatic carbocycles. The summed E-state index contributed by atoms with van der Waals surface area (Å²) >= 11 is 1.61. The molecule has 8 heteroatoms. The molecule has 0 spiro atoms. The van der Waals surface area contributed by atoms with Crippen molar-refractivity contribution in [2.75, 3.05) is 32.7 Å². The van der Waals surface area contributed by atoms with Gasteiger partial charge in [-0.2, -0.15) is 5.10 Å². The molecule has 0 radical (unpaired) electrons. The van der Waals surface area contributed by atoms with Gasteiger partial charge in [-0.05, 0) is 37.7 Å². The van der Waals surface area contributed by atoms with E-state index in [-0.39, 0.29) is 24.4 Å². The lowest BCUT2D eigenvalue weighted by Crippen LogP contribution is -2.38. The first-order valence-electron chi connectivity index (χ1n) is 12.1. The molecule has 0 amide bonds. The van der Waals surface area contributed by atoms with Crippen LogP contribution in [-0.4, -0.2) is 65.6 Å². The highest BCUT2D eigenvalue weighted by molar-refractivity contribution is 7.98. The van der Waals surface area contributed by atoms with Crippen LogP contribution in [0.4, 0.5) is 0 Å². The van der Waals surface area contributed by atoms with Crippen LogP contribution in [-0.2, 0) is 18.9 Å². The molecule has 0 aliphatic carbocycles. The number of nitrogens with zero attached hydrogens (tertiary/aromatic N) is 3. The third-order valence-electron chi connectivity index (χ3n) is 5.78. The van der Waals surface area contributed by atoms with E-state index in [0.29, 0.717) is 19.8 Å². The van der Waals surface area contributed by atoms with Gasteiger partial charge in [0.1, 0.15) is 35.8 Å². The third-order valence-corrected chi connectivity index (χ3v) is 6.48. The van der Waals surface area contributed by atoms with Crippen molar-refractivity contribution in [1.82, 2.24) is 14.6 Å². The van der Waals surface area contributed by atoms with Gasteiger partial charge in [-0.1, -0.05) is 40.0 Å². The Balaban J connectivity index is 1.87. The van der Waals surface area contributed by atoms with Crippen molar-refractivity contribution in [1.29, 1.82) is 0 Å². The van der Waals surface area contributed by atoms with Gasteiger partial charge in [-0.15, -0.1) is 11.8 Å². The number of hydrogen-bond acceptors (Lipinski definition) is 7. The first-order valence-corrected chi connectivity index (χ1v) is 13.3. The predicted octanol–water partition coefficient (Wildman–Crippen LogP) is 5.08. The van der Waals surface area contributed by atoms with Crippen molar-refractivity contribution in [3.8, 4) is 0 Å². The molecule has 1 saturated heterocycles. The van der Waals surface area contributed by atoms with E-state index in [1.54, 1.807) is 18.1 Å². The lowest BCUT2D eigenvalue weighted by atomic mass is 10.0. The second kappa shape index (κ2) is 13.5. The highest BCUT2D eigenvalue weighted by Crippen LogP contribution is 2.38. The van der Waals surface area contributed by atoms with Gasteiger partial charge in [0.15, 0.2) is 0 Å². The molecular weight excluding hydrogens is 426 g/mol. The highest BCUT2D eigenvalue weighted by atomic mass is 32.2. The van der Waals surface area contributed by atoms with E-state index >= 15 is 0 Å². The normalized spacial score (nSPS) is 23.4. The summed E-state index contributed by atoms with van der Waals surface area (Å²) in [5, 5.41) is 5.47. The van der Waals surface area contributed by atoms with Gasteiger partial charge in [0, 0.05) is 19.8 Å². The van der Waals surface area contributed by atoms with Crippen LogP contribution in [0.15, 0.2) is 23.5 Å². The summed E-state index contributed by atoms with van der Waals surface area (Å²) in [5.41, 5.74) is 1.95. The second-order valence-corrected chi connectivity index (χ2v) is 9.02. The summed E-state index contributed by atoms with van der Waals surface area (Å²) < 4.78 is 27.3. The van der Waals surface area contributed by atoms with E-state index in [9.17, 15) is 0 Å². The zero-order valence-electron chi connectivity index (χ0n) is 20.0. The summed E-state index contributed by atoms with van der Waals surface area (Å²) in [7, 11) is 0. The fraction of sp³-hybridized carbons (Fsp3) is 0.750. The van der Waals surface area contributed by atoms with Crippen molar-refractivity contribution in [3.05, 3.63) is 24.2 Å². The molecule has 4 atom stereocenters. The topological polar surface area (TPSA) is 67.1 Å². The van der Waals surface area contributed by atoms with Crippen molar-refractivity contribution >= 4 is 17.3 Å². The summed E-state index contributed by atoms with van der Waals surface area (Å²) in [4.78, 5) is 4.40. The molecule has 1 aliphatic rings. The van der Waals surface area contributed by atoms with Gasteiger partial charge in [0.2, 0.25) is 0 Å². The lowest BCUT2D eigenvalue weighted by Gasteiger charge is -2.25. The molecule has 2 aromatic heterocycles. The highest BCUT2D eigenvalue weighted by Gasteiger charge is 2.48. The molecule has 0 bridgehead atoms. The van der Waals surface area contributed by atoms with E-state index in [4.69, 9.17) is 18.9 Å². The maximum atomic E-state index is 6.59. The molecule has 0 unspecified atom stereocenters. The fourth-order valence-corrected chi connectivity index (χ4v) is 4.48. The zero-order chi connectivity index (χ0) is 22.8. The van der Waals surface area contributed by atoms with Crippen LogP contribution in [0.3, 0.4) is 0 Å². The first-order chi connectivity index (χ1) is 15.7. The van der Waals surface area contributed by atoms with Gasteiger partial charge in [-0.3, -0.25) is 0 Å².